The van der Waals surface area contributed by atoms with Crippen molar-refractivity contribution in [2.75, 3.05) is 26.2 Å². The number of halogens is 1. The van der Waals surface area contributed by atoms with Gasteiger partial charge in [0.1, 0.15) is 41.0 Å². The molecule has 4 fully saturated rings. The van der Waals surface area contributed by atoms with Crippen LogP contribution >= 0.6 is 11.6 Å². The van der Waals surface area contributed by atoms with Crippen molar-refractivity contribution in [3.05, 3.63) is 23.7 Å². The van der Waals surface area contributed by atoms with Crippen LogP contribution in [0, 0.1) is 0 Å². The van der Waals surface area contributed by atoms with Gasteiger partial charge in [0.15, 0.2) is 12.0 Å². The minimum Gasteiger partial charge on any atom is -0.444 e. The molecule has 0 N–H and O–H groups in total. The van der Waals surface area contributed by atoms with Gasteiger partial charge in [-0.15, -0.1) is 0 Å². The molecule has 0 aliphatic carbocycles. The molecular weight excluding hydrogens is 522 g/mol. The van der Waals surface area contributed by atoms with Crippen LogP contribution in [0.3, 0.4) is 0 Å². The van der Waals surface area contributed by atoms with E-state index in [9.17, 15) is 4.79 Å². The van der Waals surface area contributed by atoms with E-state index in [1.165, 1.54) is 6.33 Å². The number of likely N-dealkylation sites (tertiary alicyclic amines) is 2. The van der Waals surface area contributed by atoms with Gasteiger partial charge < -0.3 is 28.4 Å². The van der Waals surface area contributed by atoms with Crippen LogP contribution in [0.15, 0.2) is 18.6 Å². The van der Waals surface area contributed by atoms with Crippen LogP contribution in [-0.2, 0) is 18.9 Å². The monoisotopic (exact) mass is 561 g/mol. The van der Waals surface area contributed by atoms with Gasteiger partial charge in [-0.3, -0.25) is 4.90 Å². The number of fused-ring (bicyclic) bond motifs is 2. The van der Waals surface area contributed by atoms with Gasteiger partial charge in [0, 0.05) is 31.4 Å². The lowest BCUT2D eigenvalue weighted by molar-refractivity contribution is -0.198. The smallest absolute Gasteiger partial charge is 0.410 e. The van der Waals surface area contributed by atoms with E-state index in [2.05, 4.69) is 14.9 Å². The molecule has 10 nitrogen and oxygen atoms in total. The molecule has 11 heteroatoms. The summed E-state index contributed by atoms with van der Waals surface area (Å²) in [5, 5.41) is 1.20. The van der Waals surface area contributed by atoms with E-state index < -0.39 is 11.4 Å². The van der Waals surface area contributed by atoms with E-state index in [4.69, 9.17) is 30.5 Å². The van der Waals surface area contributed by atoms with Crippen LogP contribution < -0.4 is 0 Å². The van der Waals surface area contributed by atoms with Crippen molar-refractivity contribution < 1.29 is 23.7 Å². The Balaban J connectivity index is 1.21. The van der Waals surface area contributed by atoms with E-state index in [0.717, 1.165) is 62.8 Å². The number of ether oxygens (including phenoxy) is 4. The molecule has 5 atom stereocenters. The maximum Gasteiger partial charge on any atom is 0.410 e. The fourth-order valence-electron chi connectivity index (χ4n) is 6.93. The number of hydrogen-bond donors (Lipinski definition) is 0. The minimum atomic E-state index is -0.704. The summed E-state index contributed by atoms with van der Waals surface area (Å²) in [5.74, 6) is -0.704. The van der Waals surface area contributed by atoms with E-state index >= 15 is 0 Å². The molecule has 0 saturated carbocycles. The zero-order valence-corrected chi connectivity index (χ0v) is 24.3. The molecule has 0 bridgehead atoms. The van der Waals surface area contributed by atoms with Gasteiger partial charge in [-0.2, -0.15) is 0 Å². The van der Waals surface area contributed by atoms with E-state index in [0.29, 0.717) is 11.7 Å². The Morgan fingerprint density at radius 3 is 2.62 bits per heavy atom. The molecule has 6 heterocycles. The predicted octanol–water partition coefficient (Wildman–Crippen LogP) is 4.76. The van der Waals surface area contributed by atoms with Gasteiger partial charge in [0.05, 0.1) is 5.39 Å². The highest BCUT2D eigenvalue weighted by atomic mass is 35.5. The van der Waals surface area contributed by atoms with Crippen LogP contribution in [0.4, 0.5) is 4.79 Å². The minimum absolute atomic E-state index is 0.0452. The van der Waals surface area contributed by atoms with Crippen LogP contribution in [0.25, 0.3) is 11.0 Å². The summed E-state index contributed by atoms with van der Waals surface area (Å²) in [7, 11) is 0. The summed E-state index contributed by atoms with van der Waals surface area (Å²) in [4.78, 5) is 25.9. The van der Waals surface area contributed by atoms with Gasteiger partial charge in [-0.25, -0.2) is 14.8 Å². The first-order valence-electron chi connectivity index (χ1n) is 14.2. The Kier molecular flexibility index (Phi) is 6.86. The average Bonchev–Trinajstić information content (AvgIpc) is 3.55. The molecule has 39 heavy (non-hydrogen) atoms. The summed E-state index contributed by atoms with van der Waals surface area (Å²) >= 11 is 6.33. The summed E-state index contributed by atoms with van der Waals surface area (Å²) in [6, 6.07) is 1.92. The third-order valence-corrected chi connectivity index (χ3v) is 8.87. The summed E-state index contributed by atoms with van der Waals surface area (Å²) in [5.41, 5.74) is 0.271. The number of carbonyl (C=O) groups is 1. The van der Waals surface area contributed by atoms with Crippen molar-refractivity contribution in [3.8, 4) is 0 Å². The molecule has 0 aromatic carbocycles. The molecule has 4 saturated heterocycles. The molecule has 4 aliphatic heterocycles. The molecular formula is C28H40ClN5O5. The number of aromatic nitrogens is 3. The highest BCUT2D eigenvalue weighted by Gasteiger charge is 2.57. The third-order valence-electron chi connectivity index (χ3n) is 8.57. The zero-order valence-electron chi connectivity index (χ0n) is 23.6. The van der Waals surface area contributed by atoms with Crippen molar-refractivity contribution in [3.63, 3.8) is 0 Å². The topological polar surface area (TPSA) is 91.2 Å². The molecule has 2 aromatic heterocycles. The molecule has 1 spiro atoms. The van der Waals surface area contributed by atoms with Crippen molar-refractivity contribution in [2.45, 2.75) is 108 Å². The first-order valence-corrected chi connectivity index (χ1v) is 14.5. The van der Waals surface area contributed by atoms with Gasteiger partial charge in [-0.05, 0) is 79.3 Å². The Hall–Kier alpha value is -1.98. The van der Waals surface area contributed by atoms with E-state index in [1.807, 2.05) is 56.3 Å². The largest absolute Gasteiger partial charge is 0.444 e. The Morgan fingerprint density at radius 1 is 1.10 bits per heavy atom. The molecule has 2 aromatic rings. The van der Waals surface area contributed by atoms with Gasteiger partial charge in [0.2, 0.25) is 0 Å². The predicted molar refractivity (Wildman–Crippen MR) is 145 cm³/mol. The number of amides is 1. The second kappa shape index (κ2) is 9.83. The number of hydrogen-bond acceptors (Lipinski definition) is 8. The molecule has 214 valence electrons. The SMILES string of the molecule is CC(C)(C)OC(=O)N1CCCC2(CCCN2C[C@H]2O[C@@H](n3ccc4c(Cl)ncnc43)[C@@H]3OC(C)(C)O[C@@H]32)CC1. The molecule has 4 aliphatic rings. The maximum atomic E-state index is 12.8. The highest BCUT2D eigenvalue weighted by molar-refractivity contribution is 6.33. The van der Waals surface area contributed by atoms with Crippen molar-refractivity contribution in [2.24, 2.45) is 0 Å². The zero-order chi connectivity index (χ0) is 27.6. The Bertz CT molecular complexity index is 1230. The summed E-state index contributed by atoms with van der Waals surface area (Å²) < 4.78 is 27.2. The lowest BCUT2D eigenvalue weighted by Gasteiger charge is -2.40. The van der Waals surface area contributed by atoms with Crippen molar-refractivity contribution in [1.29, 1.82) is 0 Å². The fourth-order valence-corrected chi connectivity index (χ4v) is 7.12. The molecule has 1 amide bonds. The number of nitrogens with zero attached hydrogens (tertiary/aromatic N) is 5. The number of rotatable bonds is 3. The van der Waals surface area contributed by atoms with Crippen molar-refractivity contribution >= 4 is 28.7 Å². The Morgan fingerprint density at radius 2 is 1.85 bits per heavy atom. The van der Waals surface area contributed by atoms with E-state index in [-0.39, 0.29) is 36.2 Å². The number of carbonyl (C=O) groups excluding carboxylic acids is 1. The highest BCUT2D eigenvalue weighted by Crippen LogP contribution is 2.46. The third kappa shape index (κ3) is 5.14. The van der Waals surface area contributed by atoms with Crippen LogP contribution in [-0.4, -0.2) is 91.8 Å². The summed E-state index contributed by atoms with van der Waals surface area (Å²) in [6.07, 6.45) is 7.36. The van der Waals surface area contributed by atoms with Crippen LogP contribution in [0.1, 0.15) is 73.0 Å². The second-order valence-electron chi connectivity index (χ2n) is 12.8. The first kappa shape index (κ1) is 27.2. The molecule has 0 radical (unpaired) electrons. The first-order chi connectivity index (χ1) is 18.4. The van der Waals surface area contributed by atoms with E-state index in [1.54, 1.807) is 0 Å². The van der Waals surface area contributed by atoms with Crippen molar-refractivity contribution in [1.82, 2.24) is 24.3 Å². The van der Waals surface area contributed by atoms with Gasteiger partial charge in [0.25, 0.3) is 0 Å². The van der Waals surface area contributed by atoms with Crippen LogP contribution in [0.5, 0.6) is 0 Å². The normalized spacial score (nSPS) is 33.1. The quantitative estimate of drug-likeness (QED) is 0.496. The average molecular weight is 562 g/mol. The second-order valence-corrected chi connectivity index (χ2v) is 13.2. The lowest BCUT2D eigenvalue weighted by Crippen LogP contribution is -2.50. The summed E-state index contributed by atoms with van der Waals surface area (Å²) in [6.45, 7) is 12.9. The molecule has 1 unspecified atom stereocenters. The maximum absolute atomic E-state index is 12.8. The molecule has 6 rings (SSSR count). The van der Waals surface area contributed by atoms with Gasteiger partial charge >= 0.3 is 6.09 Å². The van der Waals surface area contributed by atoms with Gasteiger partial charge in [-0.1, -0.05) is 11.6 Å². The van der Waals surface area contributed by atoms with Crippen LogP contribution in [0.2, 0.25) is 5.15 Å². The Labute approximate surface area is 234 Å². The fraction of sp³-hybridized carbons (Fsp3) is 0.750. The lowest BCUT2D eigenvalue weighted by atomic mass is 9.87. The standard InChI is InChI=1S/C28H40ClN5O5/c1-26(2,3)39-25(35)32-12-6-9-28(11-15-32)10-7-13-33(28)16-19-20-21(38-27(4,5)37-20)24(36-19)34-14-8-18-22(29)30-17-31-23(18)34/h8,14,17,19-21,24H,6-7,9-13,15-16H2,1-5H3/t19-,20-,21-,24-,28?/m1/s1.